The minimum atomic E-state index is -2.58. The predicted octanol–water partition coefficient (Wildman–Crippen LogP) is 2.31. The van der Waals surface area contributed by atoms with E-state index in [2.05, 4.69) is 10.3 Å². The fourth-order valence-electron chi connectivity index (χ4n) is 2.27. The maximum Gasteiger partial charge on any atom is 0.272 e. The third kappa shape index (κ3) is 3.79. The molecule has 3 amide bonds. The van der Waals surface area contributed by atoms with Crippen LogP contribution in [0.5, 0.6) is 0 Å². The minimum Gasteiger partial charge on any atom is -0.295 e. The van der Waals surface area contributed by atoms with E-state index in [-0.39, 0.29) is 29.5 Å². The number of nitrogens with zero attached hydrogens (tertiary/aromatic N) is 2. The third-order valence-electron chi connectivity index (χ3n) is 3.44. The van der Waals surface area contributed by atoms with Crippen molar-refractivity contribution in [3.8, 4) is 0 Å². The van der Waals surface area contributed by atoms with Gasteiger partial charge in [-0.15, -0.1) is 11.3 Å². The van der Waals surface area contributed by atoms with E-state index in [4.69, 9.17) is 0 Å². The number of aryl methyl sites for hydroxylation is 1. The van der Waals surface area contributed by atoms with Crippen LogP contribution in [0.1, 0.15) is 35.9 Å². The summed E-state index contributed by atoms with van der Waals surface area (Å²) in [7, 11) is 0. The zero-order valence-electron chi connectivity index (χ0n) is 12.5. The molecule has 124 valence electrons. The van der Waals surface area contributed by atoms with Crippen molar-refractivity contribution in [2.45, 2.75) is 39.2 Å². The van der Waals surface area contributed by atoms with Gasteiger partial charge in [0.15, 0.2) is 0 Å². The molecule has 23 heavy (non-hydrogen) atoms. The zero-order chi connectivity index (χ0) is 17.1. The van der Waals surface area contributed by atoms with Gasteiger partial charge in [0, 0.05) is 11.3 Å². The van der Waals surface area contributed by atoms with Crippen LogP contribution in [-0.2, 0) is 14.4 Å². The van der Waals surface area contributed by atoms with E-state index >= 15 is 0 Å². The molecule has 6 nitrogen and oxygen atoms in total. The summed E-state index contributed by atoms with van der Waals surface area (Å²) < 4.78 is 25.4. The predicted molar refractivity (Wildman–Crippen MR) is 80.9 cm³/mol. The van der Waals surface area contributed by atoms with Crippen molar-refractivity contribution >= 4 is 41.1 Å². The number of rotatable bonds is 4. The van der Waals surface area contributed by atoms with Crippen molar-refractivity contribution in [3.05, 3.63) is 15.8 Å². The summed E-state index contributed by atoms with van der Waals surface area (Å²) in [5.41, 5.74) is 0.335. The number of piperidine rings is 1. The highest BCUT2D eigenvalue weighted by atomic mass is 32.1. The quantitative estimate of drug-likeness (QED) is 0.394. The Morgan fingerprint density at radius 3 is 2.74 bits per heavy atom. The van der Waals surface area contributed by atoms with Gasteiger partial charge in [0.1, 0.15) is 11.9 Å². The van der Waals surface area contributed by atoms with Gasteiger partial charge in [-0.2, -0.15) is 0 Å². The molecule has 2 heterocycles. The van der Waals surface area contributed by atoms with Gasteiger partial charge in [0.2, 0.25) is 18.2 Å². The van der Waals surface area contributed by atoms with E-state index in [9.17, 15) is 23.2 Å². The van der Waals surface area contributed by atoms with Crippen molar-refractivity contribution in [1.29, 1.82) is 0 Å². The van der Waals surface area contributed by atoms with Crippen LogP contribution >= 0.6 is 11.3 Å². The van der Waals surface area contributed by atoms with Crippen molar-refractivity contribution < 1.29 is 23.2 Å². The Balaban J connectivity index is 2.25. The lowest BCUT2D eigenvalue weighted by molar-refractivity contribution is -0.138. The minimum absolute atomic E-state index is 0.104. The molecule has 0 aromatic carbocycles. The second-order valence-electron chi connectivity index (χ2n) is 5.03. The highest BCUT2D eigenvalue weighted by Gasteiger charge is 2.32. The zero-order valence-corrected chi connectivity index (χ0v) is 13.3. The van der Waals surface area contributed by atoms with Crippen molar-refractivity contribution in [1.82, 2.24) is 10.2 Å². The number of imide groups is 1. The lowest BCUT2D eigenvalue weighted by Crippen LogP contribution is -2.53. The number of amides is 3. The molecule has 1 aromatic rings. The summed E-state index contributed by atoms with van der Waals surface area (Å²) >= 11 is 0.932. The molecule has 1 fully saturated rings. The summed E-state index contributed by atoms with van der Waals surface area (Å²) in [5.74, 6) is -0.753. The standard InChI is InChI=1S/C14H15F2N3O3S/c1-7-9(5-11(23-7)13(15)16)17-8(2)19(6-20)10-3-4-12(21)18-14(10)22/h5-6,10,13H,3-4H2,1-2H3,(H,18,21,22)/b17-8-. The number of amidine groups is 1. The van der Waals surface area contributed by atoms with Gasteiger partial charge < -0.3 is 0 Å². The number of carbonyl (C=O) groups is 3. The monoisotopic (exact) mass is 343 g/mol. The van der Waals surface area contributed by atoms with Crippen molar-refractivity contribution in [3.63, 3.8) is 0 Å². The lowest BCUT2D eigenvalue weighted by Gasteiger charge is -2.29. The molecular weight excluding hydrogens is 328 g/mol. The van der Waals surface area contributed by atoms with Gasteiger partial charge in [0.05, 0.1) is 10.6 Å². The number of hydrogen-bond acceptors (Lipinski definition) is 5. The first-order valence-electron chi connectivity index (χ1n) is 6.84. The Labute approximate surface area is 135 Å². The first kappa shape index (κ1) is 17.2. The molecule has 1 aliphatic heterocycles. The summed E-state index contributed by atoms with van der Waals surface area (Å²) in [6, 6.07) is 0.434. The maximum atomic E-state index is 12.7. The number of aliphatic imine (C=N–C) groups is 1. The average molecular weight is 343 g/mol. The fourth-order valence-corrected chi connectivity index (χ4v) is 3.09. The number of hydrogen-bond donors (Lipinski definition) is 1. The lowest BCUT2D eigenvalue weighted by atomic mass is 10.0. The van der Waals surface area contributed by atoms with Crippen LogP contribution in [0, 0.1) is 6.92 Å². The Bertz CT molecular complexity index is 672. The first-order chi connectivity index (χ1) is 10.8. The molecule has 1 aliphatic rings. The van der Waals surface area contributed by atoms with E-state index in [0.717, 1.165) is 16.2 Å². The van der Waals surface area contributed by atoms with Crippen LogP contribution in [0.3, 0.4) is 0 Å². The topological polar surface area (TPSA) is 78.8 Å². The summed E-state index contributed by atoms with van der Waals surface area (Å²) in [6.07, 6.45) is -1.81. The van der Waals surface area contributed by atoms with Gasteiger partial charge in [-0.1, -0.05) is 0 Å². The van der Waals surface area contributed by atoms with Crippen molar-refractivity contribution in [2.24, 2.45) is 4.99 Å². The average Bonchev–Trinajstić information content (AvgIpc) is 2.83. The van der Waals surface area contributed by atoms with Crippen molar-refractivity contribution in [2.75, 3.05) is 0 Å². The molecule has 2 rings (SSSR count). The van der Waals surface area contributed by atoms with E-state index in [1.54, 1.807) is 6.92 Å². The third-order valence-corrected chi connectivity index (χ3v) is 4.49. The molecule has 1 saturated heterocycles. The number of halogens is 2. The van der Waals surface area contributed by atoms with Gasteiger partial charge >= 0.3 is 0 Å². The molecule has 1 atom stereocenters. The number of thiophene rings is 1. The SMILES string of the molecule is C/C(=N/c1cc(C(F)F)sc1C)N(C=O)C1CCC(=O)NC1=O. The van der Waals surface area contributed by atoms with Crippen LogP contribution in [0.2, 0.25) is 0 Å². The summed E-state index contributed by atoms with van der Waals surface area (Å²) in [4.78, 5) is 40.1. The number of carbonyl (C=O) groups excluding carboxylic acids is 3. The van der Waals surface area contributed by atoms with Crippen LogP contribution in [0.4, 0.5) is 14.5 Å². The number of nitrogens with one attached hydrogen (secondary N) is 1. The summed E-state index contributed by atoms with van der Waals surface area (Å²) in [5, 5.41) is 2.16. The molecule has 0 saturated carbocycles. The molecule has 0 radical (unpaired) electrons. The van der Waals surface area contributed by atoms with E-state index < -0.39 is 18.4 Å². The maximum absolute atomic E-state index is 12.7. The Kier molecular flexibility index (Phi) is 5.19. The second kappa shape index (κ2) is 6.95. The Morgan fingerprint density at radius 1 is 1.52 bits per heavy atom. The largest absolute Gasteiger partial charge is 0.295 e. The van der Waals surface area contributed by atoms with Crippen LogP contribution in [-0.4, -0.2) is 35.0 Å². The fraction of sp³-hybridized carbons (Fsp3) is 0.429. The van der Waals surface area contributed by atoms with Gasteiger partial charge in [-0.3, -0.25) is 24.6 Å². The van der Waals surface area contributed by atoms with E-state index in [0.29, 0.717) is 17.0 Å². The second-order valence-corrected chi connectivity index (χ2v) is 6.32. The van der Waals surface area contributed by atoms with E-state index in [1.807, 2.05) is 0 Å². The molecule has 0 spiro atoms. The molecule has 1 unspecified atom stereocenters. The smallest absolute Gasteiger partial charge is 0.272 e. The molecule has 1 N–H and O–H groups in total. The van der Waals surface area contributed by atoms with Gasteiger partial charge in [-0.05, 0) is 26.3 Å². The Morgan fingerprint density at radius 2 is 2.22 bits per heavy atom. The highest BCUT2D eigenvalue weighted by molar-refractivity contribution is 7.12. The first-order valence-corrected chi connectivity index (χ1v) is 7.66. The van der Waals surface area contributed by atoms with E-state index in [1.165, 1.54) is 13.0 Å². The number of alkyl halides is 2. The van der Waals surface area contributed by atoms with Gasteiger partial charge in [0.25, 0.3) is 6.43 Å². The van der Waals surface area contributed by atoms with Gasteiger partial charge in [-0.25, -0.2) is 13.8 Å². The normalized spacial score (nSPS) is 19.0. The molecule has 0 bridgehead atoms. The molecule has 1 aromatic heterocycles. The van der Waals surface area contributed by atoms with Crippen LogP contribution in [0.15, 0.2) is 11.1 Å². The Hall–Kier alpha value is -2.16. The molecular formula is C14H15F2N3O3S. The van der Waals surface area contributed by atoms with Crippen LogP contribution < -0.4 is 5.32 Å². The highest BCUT2D eigenvalue weighted by Crippen LogP contribution is 2.35. The summed E-state index contributed by atoms with van der Waals surface area (Å²) in [6.45, 7) is 3.16. The molecule has 0 aliphatic carbocycles. The molecule has 9 heteroatoms. The van der Waals surface area contributed by atoms with Crippen LogP contribution in [0.25, 0.3) is 0 Å².